The highest BCUT2D eigenvalue weighted by Gasteiger charge is 2.24. The molecular weight excluding hydrogens is 308 g/mol. The van der Waals surface area contributed by atoms with Gasteiger partial charge in [0.2, 0.25) is 5.91 Å². The zero-order valence-electron chi connectivity index (χ0n) is 14.8. The van der Waals surface area contributed by atoms with Gasteiger partial charge in [-0.1, -0.05) is 13.0 Å². The maximum absolute atomic E-state index is 11.7. The van der Waals surface area contributed by atoms with Crippen molar-refractivity contribution in [3.63, 3.8) is 0 Å². The van der Waals surface area contributed by atoms with Gasteiger partial charge in [0.25, 0.3) is 0 Å². The first kappa shape index (κ1) is 18.5. The second kappa shape index (κ2) is 9.49. The fourth-order valence-corrected chi connectivity index (χ4v) is 2.85. The van der Waals surface area contributed by atoms with Gasteiger partial charge in [-0.05, 0) is 24.6 Å². The zero-order chi connectivity index (χ0) is 17.4. The first-order valence-electron chi connectivity index (χ1n) is 8.58. The van der Waals surface area contributed by atoms with Gasteiger partial charge in [-0.2, -0.15) is 0 Å². The summed E-state index contributed by atoms with van der Waals surface area (Å²) in [6.07, 6.45) is 0.489. The van der Waals surface area contributed by atoms with Gasteiger partial charge < -0.3 is 19.5 Å². The van der Waals surface area contributed by atoms with Gasteiger partial charge in [-0.25, -0.2) is 0 Å². The summed E-state index contributed by atoms with van der Waals surface area (Å²) in [4.78, 5) is 14.0. The molecule has 6 heteroatoms. The summed E-state index contributed by atoms with van der Waals surface area (Å²) in [7, 11) is 1.64. The summed E-state index contributed by atoms with van der Waals surface area (Å²) in [6, 6.07) is 6.08. The summed E-state index contributed by atoms with van der Waals surface area (Å²) in [5.74, 6) is 1.52. The third-order valence-electron chi connectivity index (χ3n) is 4.17. The van der Waals surface area contributed by atoms with Crippen molar-refractivity contribution in [2.45, 2.75) is 26.3 Å². The second-order valence-electron chi connectivity index (χ2n) is 5.67. The number of ether oxygens (including phenoxy) is 3. The predicted octanol–water partition coefficient (Wildman–Crippen LogP) is 1.99. The van der Waals surface area contributed by atoms with E-state index in [-0.39, 0.29) is 11.9 Å². The molecule has 1 saturated heterocycles. The van der Waals surface area contributed by atoms with Gasteiger partial charge in [0.05, 0.1) is 33.0 Å². The Morgan fingerprint density at radius 1 is 1.29 bits per heavy atom. The number of morpholine rings is 1. The average Bonchev–Trinajstić information content (AvgIpc) is 2.63. The van der Waals surface area contributed by atoms with E-state index in [4.69, 9.17) is 14.2 Å². The zero-order valence-corrected chi connectivity index (χ0v) is 14.8. The quantitative estimate of drug-likeness (QED) is 0.787. The molecule has 1 atom stereocenters. The van der Waals surface area contributed by atoms with Crippen LogP contribution in [0.5, 0.6) is 11.5 Å². The molecule has 1 aromatic carbocycles. The van der Waals surface area contributed by atoms with Crippen LogP contribution in [0.25, 0.3) is 0 Å². The Labute approximate surface area is 144 Å². The van der Waals surface area contributed by atoms with Crippen molar-refractivity contribution < 1.29 is 19.0 Å². The van der Waals surface area contributed by atoms with Crippen LogP contribution in [0.1, 0.15) is 31.9 Å². The number of rotatable bonds is 8. The SMILES string of the molecule is CCOc1ccc(C(CNC(=O)CC)N2CCOCC2)cc1OC. The Kier molecular flexibility index (Phi) is 7.34. The number of methoxy groups -OCH3 is 1. The van der Waals surface area contributed by atoms with Crippen LogP contribution in [0.2, 0.25) is 0 Å². The Balaban J connectivity index is 2.22. The van der Waals surface area contributed by atoms with Crippen molar-refractivity contribution in [3.8, 4) is 11.5 Å². The number of carbonyl (C=O) groups excluding carboxylic acids is 1. The van der Waals surface area contributed by atoms with Crippen molar-refractivity contribution in [2.75, 3.05) is 46.6 Å². The number of amides is 1. The first-order chi connectivity index (χ1) is 11.7. The van der Waals surface area contributed by atoms with E-state index in [1.165, 1.54) is 0 Å². The lowest BCUT2D eigenvalue weighted by molar-refractivity contribution is -0.121. The number of nitrogens with one attached hydrogen (secondary N) is 1. The van der Waals surface area contributed by atoms with Crippen molar-refractivity contribution in [1.29, 1.82) is 0 Å². The molecule has 0 bridgehead atoms. The standard InChI is InChI=1S/C18H28N2O4/c1-4-18(21)19-13-15(20-8-10-23-11-9-20)14-6-7-16(24-5-2)17(12-14)22-3/h6-7,12,15H,4-5,8-11,13H2,1-3H3,(H,19,21). The highest BCUT2D eigenvalue weighted by molar-refractivity contribution is 5.75. The van der Waals surface area contributed by atoms with Crippen LogP contribution in [0.15, 0.2) is 18.2 Å². The van der Waals surface area contributed by atoms with Crippen molar-refractivity contribution in [1.82, 2.24) is 10.2 Å². The molecule has 1 aromatic rings. The molecule has 1 fully saturated rings. The number of hydrogen-bond acceptors (Lipinski definition) is 5. The smallest absolute Gasteiger partial charge is 0.219 e. The molecule has 1 amide bonds. The van der Waals surface area contributed by atoms with E-state index < -0.39 is 0 Å². The van der Waals surface area contributed by atoms with Crippen LogP contribution in [0.3, 0.4) is 0 Å². The van der Waals surface area contributed by atoms with Crippen LogP contribution in [-0.4, -0.2) is 57.4 Å². The minimum absolute atomic E-state index is 0.0613. The van der Waals surface area contributed by atoms with Gasteiger partial charge in [-0.3, -0.25) is 9.69 Å². The summed E-state index contributed by atoms with van der Waals surface area (Å²) in [5, 5.41) is 3.01. The number of nitrogens with zero attached hydrogens (tertiary/aromatic N) is 1. The Bertz CT molecular complexity index is 530. The molecule has 1 aliphatic heterocycles. The Morgan fingerprint density at radius 3 is 2.67 bits per heavy atom. The topological polar surface area (TPSA) is 60.0 Å². The molecule has 134 valence electrons. The fourth-order valence-electron chi connectivity index (χ4n) is 2.85. The van der Waals surface area contributed by atoms with Crippen molar-refractivity contribution in [2.24, 2.45) is 0 Å². The fraction of sp³-hybridized carbons (Fsp3) is 0.611. The maximum Gasteiger partial charge on any atom is 0.219 e. The minimum Gasteiger partial charge on any atom is -0.493 e. The number of hydrogen-bond donors (Lipinski definition) is 1. The average molecular weight is 336 g/mol. The lowest BCUT2D eigenvalue weighted by atomic mass is 10.0. The van der Waals surface area contributed by atoms with E-state index in [9.17, 15) is 4.79 Å². The van der Waals surface area contributed by atoms with Gasteiger partial charge in [-0.15, -0.1) is 0 Å². The van der Waals surface area contributed by atoms with Gasteiger partial charge in [0, 0.05) is 26.1 Å². The highest BCUT2D eigenvalue weighted by Crippen LogP contribution is 2.32. The van der Waals surface area contributed by atoms with E-state index >= 15 is 0 Å². The molecule has 1 aliphatic rings. The van der Waals surface area contributed by atoms with Crippen LogP contribution in [-0.2, 0) is 9.53 Å². The molecule has 6 nitrogen and oxygen atoms in total. The molecular formula is C18H28N2O4. The van der Waals surface area contributed by atoms with Gasteiger partial charge >= 0.3 is 0 Å². The Morgan fingerprint density at radius 2 is 2.04 bits per heavy atom. The molecule has 0 spiro atoms. The summed E-state index contributed by atoms with van der Waals surface area (Å²) < 4.78 is 16.5. The third kappa shape index (κ3) is 4.85. The monoisotopic (exact) mass is 336 g/mol. The van der Waals surface area contributed by atoms with Crippen LogP contribution in [0.4, 0.5) is 0 Å². The molecule has 0 radical (unpaired) electrons. The van der Waals surface area contributed by atoms with E-state index in [0.29, 0.717) is 32.8 Å². The van der Waals surface area contributed by atoms with E-state index in [1.54, 1.807) is 7.11 Å². The molecule has 0 aliphatic carbocycles. The molecule has 0 aromatic heterocycles. The molecule has 0 saturated carbocycles. The summed E-state index contributed by atoms with van der Waals surface area (Å²) >= 11 is 0. The summed E-state index contributed by atoms with van der Waals surface area (Å²) in [5.41, 5.74) is 1.11. The highest BCUT2D eigenvalue weighted by atomic mass is 16.5. The minimum atomic E-state index is 0.0613. The Hall–Kier alpha value is -1.79. The van der Waals surface area contributed by atoms with E-state index in [1.807, 2.05) is 32.0 Å². The molecule has 1 unspecified atom stereocenters. The summed E-state index contributed by atoms with van der Waals surface area (Å²) in [6.45, 7) is 8.10. The number of benzene rings is 1. The van der Waals surface area contributed by atoms with E-state index in [0.717, 1.165) is 30.2 Å². The lowest BCUT2D eigenvalue weighted by Gasteiger charge is -2.35. The van der Waals surface area contributed by atoms with Crippen LogP contribution >= 0.6 is 0 Å². The predicted molar refractivity (Wildman–Crippen MR) is 92.6 cm³/mol. The van der Waals surface area contributed by atoms with Crippen molar-refractivity contribution in [3.05, 3.63) is 23.8 Å². The van der Waals surface area contributed by atoms with Gasteiger partial charge in [0.1, 0.15) is 0 Å². The largest absolute Gasteiger partial charge is 0.493 e. The van der Waals surface area contributed by atoms with Crippen LogP contribution < -0.4 is 14.8 Å². The van der Waals surface area contributed by atoms with Crippen molar-refractivity contribution >= 4 is 5.91 Å². The third-order valence-corrected chi connectivity index (χ3v) is 4.17. The normalized spacial score (nSPS) is 16.5. The second-order valence-corrected chi connectivity index (χ2v) is 5.67. The molecule has 1 heterocycles. The maximum atomic E-state index is 11.7. The first-order valence-corrected chi connectivity index (χ1v) is 8.58. The van der Waals surface area contributed by atoms with Gasteiger partial charge in [0.15, 0.2) is 11.5 Å². The lowest BCUT2D eigenvalue weighted by Crippen LogP contribution is -2.43. The number of carbonyl (C=O) groups is 1. The van der Waals surface area contributed by atoms with E-state index in [2.05, 4.69) is 10.2 Å². The molecule has 24 heavy (non-hydrogen) atoms. The molecule has 2 rings (SSSR count). The van der Waals surface area contributed by atoms with Crippen LogP contribution in [0, 0.1) is 0 Å². The molecule has 1 N–H and O–H groups in total.